The van der Waals surface area contributed by atoms with E-state index in [4.69, 9.17) is 22.9 Å². The summed E-state index contributed by atoms with van der Waals surface area (Å²) < 4.78 is 0. The lowest BCUT2D eigenvalue weighted by Crippen LogP contribution is -2.58. The molecule has 0 spiro atoms. The molecule has 0 aliphatic carbocycles. The Balaban J connectivity index is 1.86. The van der Waals surface area contributed by atoms with Gasteiger partial charge in [-0.3, -0.25) is 19.4 Å². The van der Waals surface area contributed by atoms with Crippen LogP contribution in [0.3, 0.4) is 0 Å². The second-order valence-electron chi connectivity index (χ2n) is 11.3. The van der Waals surface area contributed by atoms with E-state index in [9.17, 15) is 29.4 Å². The predicted octanol–water partition coefficient (Wildman–Crippen LogP) is -0.292. The number of aliphatic imine (C=N–C) groups is 1. The molecular formula is C32H45N9O6. The fourth-order valence-electron chi connectivity index (χ4n) is 5.03. The average molecular weight is 652 g/mol. The molecule has 0 aliphatic rings. The summed E-state index contributed by atoms with van der Waals surface area (Å²) in [6.07, 6.45) is 3.67. The van der Waals surface area contributed by atoms with E-state index in [-0.39, 0.29) is 43.9 Å². The quantitative estimate of drug-likeness (QED) is 0.0459. The van der Waals surface area contributed by atoms with Crippen molar-refractivity contribution in [2.24, 2.45) is 27.9 Å². The van der Waals surface area contributed by atoms with Crippen LogP contribution in [0.1, 0.15) is 43.2 Å². The maximum Gasteiger partial charge on any atom is 0.326 e. The first-order valence-corrected chi connectivity index (χ1v) is 15.5. The molecule has 0 saturated heterocycles. The summed E-state index contributed by atoms with van der Waals surface area (Å²) in [5, 5.41) is 28.3. The number of unbranched alkanes of at least 4 members (excludes halogenated alkanes) is 1. The van der Waals surface area contributed by atoms with Crippen molar-refractivity contribution in [3.63, 3.8) is 0 Å². The number of aromatic hydroxyl groups is 1. The van der Waals surface area contributed by atoms with Crippen molar-refractivity contribution in [3.05, 3.63) is 65.9 Å². The van der Waals surface area contributed by atoms with E-state index in [1.54, 1.807) is 18.3 Å². The summed E-state index contributed by atoms with van der Waals surface area (Å²) in [5.41, 5.74) is 24.6. The number of nitrogens with two attached hydrogens (primary N) is 4. The molecule has 2 aromatic carbocycles. The number of benzene rings is 2. The van der Waals surface area contributed by atoms with Crippen LogP contribution in [0.15, 0.2) is 59.7 Å². The number of carboxylic acid groups (broad SMARTS) is 1. The Morgan fingerprint density at radius 3 is 2.11 bits per heavy atom. The van der Waals surface area contributed by atoms with Gasteiger partial charge in [-0.15, -0.1) is 0 Å². The molecule has 15 nitrogen and oxygen atoms in total. The SMILES string of the molecule is NCCCCC(NC(=O)C(Cc1ccc(O)cc1)NC(=O)C(Cc1c[nH]c2ccccc12)NC(=O)C(N)CCCN=C(N)N)C(=O)O. The normalized spacial score (nSPS) is 13.6. The van der Waals surface area contributed by atoms with Gasteiger partial charge < -0.3 is 54.1 Å². The molecule has 0 fully saturated rings. The molecular weight excluding hydrogens is 606 g/mol. The maximum absolute atomic E-state index is 13.9. The minimum Gasteiger partial charge on any atom is -0.508 e. The molecule has 0 bridgehead atoms. The lowest BCUT2D eigenvalue weighted by atomic mass is 10.0. The smallest absolute Gasteiger partial charge is 0.326 e. The van der Waals surface area contributed by atoms with Gasteiger partial charge in [-0.1, -0.05) is 30.3 Å². The van der Waals surface area contributed by atoms with Crippen LogP contribution in [-0.2, 0) is 32.0 Å². The number of phenols is 1. The molecule has 0 radical (unpaired) electrons. The molecule has 14 N–H and O–H groups in total. The van der Waals surface area contributed by atoms with Crippen LogP contribution in [0.4, 0.5) is 0 Å². The van der Waals surface area contributed by atoms with Gasteiger partial charge in [0.15, 0.2) is 5.96 Å². The predicted molar refractivity (Wildman–Crippen MR) is 178 cm³/mol. The number of aromatic nitrogens is 1. The fraction of sp³-hybridized carbons (Fsp3) is 0.406. The highest BCUT2D eigenvalue weighted by Crippen LogP contribution is 2.20. The zero-order chi connectivity index (χ0) is 34.3. The number of nitrogens with zero attached hydrogens (tertiary/aromatic N) is 1. The second-order valence-corrected chi connectivity index (χ2v) is 11.3. The van der Waals surface area contributed by atoms with Crippen molar-refractivity contribution in [1.29, 1.82) is 0 Å². The third kappa shape index (κ3) is 11.6. The van der Waals surface area contributed by atoms with E-state index in [0.717, 1.165) is 16.5 Å². The van der Waals surface area contributed by atoms with Crippen molar-refractivity contribution in [3.8, 4) is 5.75 Å². The molecule has 1 heterocycles. The van der Waals surface area contributed by atoms with Gasteiger partial charge in [-0.25, -0.2) is 4.79 Å². The number of aromatic amines is 1. The maximum atomic E-state index is 13.9. The first-order valence-electron chi connectivity index (χ1n) is 15.5. The first-order chi connectivity index (χ1) is 22.5. The molecule has 3 amide bonds. The van der Waals surface area contributed by atoms with Crippen LogP contribution in [0.2, 0.25) is 0 Å². The van der Waals surface area contributed by atoms with Crippen molar-refractivity contribution in [1.82, 2.24) is 20.9 Å². The topological polar surface area (TPSA) is 277 Å². The van der Waals surface area contributed by atoms with Gasteiger partial charge in [-0.05, 0) is 68.0 Å². The number of aliphatic carboxylic acids is 1. The van der Waals surface area contributed by atoms with Crippen LogP contribution in [0.5, 0.6) is 5.75 Å². The fourth-order valence-corrected chi connectivity index (χ4v) is 5.03. The Kier molecular flexibility index (Phi) is 14.0. The number of carboxylic acids is 1. The van der Waals surface area contributed by atoms with Gasteiger partial charge >= 0.3 is 5.97 Å². The number of hydrogen-bond acceptors (Lipinski definition) is 8. The molecule has 4 atom stereocenters. The molecule has 1 aromatic heterocycles. The Morgan fingerprint density at radius 1 is 0.809 bits per heavy atom. The molecule has 15 heteroatoms. The summed E-state index contributed by atoms with van der Waals surface area (Å²) in [6.45, 7) is 0.656. The Hall–Kier alpha value is -5.15. The van der Waals surface area contributed by atoms with Crippen molar-refractivity contribution < 1.29 is 29.4 Å². The molecule has 47 heavy (non-hydrogen) atoms. The number of fused-ring (bicyclic) bond motifs is 1. The van der Waals surface area contributed by atoms with Crippen LogP contribution in [0, 0.1) is 0 Å². The Morgan fingerprint density at radius 2 is 1.45 bits per heavy atom. The van der Waals surface area contributed by atoms with E-state index in [1.807, 2.05) is 24.3 Å². The van der Waals surface area contributed by atoms with E-state index < -0.39 is 47.9 Å². The molecule has 3 rings (SSSR count). The minimum atomic E-state index is -1.22. The number of H-pyrrole nitrogens is 1. The number of para-hydroxylation sites is 1. The van der Waals surface area contributed by atoms with E-state index in [0.29, 0.717) is 31.4 Å². The molecule has 254 valence electrons. The highest BCUT2D eigenvalue weighted by Gasteiger charge is 2.31. The first kappa shape index (κ1) is 36.3. The van der Waals surface area contributed by atoms with Gasteiger partial charge in [0.05, 0.1) is 6.04 Å². The van der Waals surface area contributed by atoms with E-state index in [1.165, 1.54) is 12.1 Å². The summed E-state index contributed by atoms with van der Waals surface area (Å²) >= 11 is 0. The van der Waals surface area contributed by atoms with Crippen molar-refractivity contribution in [2.75, 3.05) is 13.1 Å². The van der Waals surface area contributed by atoms with Gasteiger partial charge in [0.25, 0.3) is 0 Å². The highest BCUT2D eigenvalue weighted by atomic mass is 16.4. The Bertz CT molecular complexity index is 1520. The van der Waals surface area contributed by atoms with Gasteiger partial charge in [-0.2, -0.15) is 0 Å². The third-order valence-corrected chi connectivity index (χ3v) is 7.61. The van der Waals surface area contributed by atoms with Crippen molar-refractivity contribution in [2.45, 2.75) is 69.1 Å². The largest absolute Gasteiger partial charge is 0.508 e. The molecule has 4 unspecified atom stereocenters. The lowest BCUT2D eigenvalue weighted by Gasteiger charge is -2.25. The zero-order valence-corrected chi connectivity index (χ0v) is 26.2. The van der Waals surface area contributed by atoms with Gasteiger partial charge in [0.1, 0.15) is 23.9 Å². The molecule has 3 aromatic rings. The number of hydrogen-bond donors (Lipinski definition) is 10. The van der Waals surface area contributed by atoms with Crippen molar-refractivity contribution >= 4 is 40.6 Å². The van der Waals surface area contributed by atoms with Crippen LogP contribution < -0.4 is 38.9 Å². The molecule has 0 saturated carbocycles. The average Bonchev–Trinajstić information content (AvgIpc) is 3.45. The summed E-state index contributed by atoms with van der Waals surface area (Å²) in [4.78, 5) is 59.6. The van der Waals surface area contributed by atoms with E-state index in [2.05, 4.69) is 25.9 Å². The zero-order valence-electron chi connectivity index (χ0n) is 26.2. The minimum absolute atomic E-state index is 0.0146. The number of amides is 3. The summed E-state index contributed by atoms with van der Waals surface area (Å²) in [5.74, 6) is -3.26. The Labute approximate surface area is 272 Å². The summed E-state index contributed by atoms with van der Waals surface area (Å²) in [7, 11) is 0. The number of guanidine groups is 1. The number of carbonyl (C=O) groups excluding carboxylic acids is 3. The van der Waals surface area contributed by atoms with Crippen LogP contribution in [0.25, 0.3) is 10.9 Å². The monoisotopic (exact) mass is 651 g/mol. The van der Waals surface area contributed by atoms with Crippen LogP contribution >= 0.6 is 0 Å². The molecule has 0 aliphatic heterocycles. The lowest BCUT2D eigenvalue weighted by molar-refractivity contribution is -0.142. The number of rotatable bonds is 19. The third-order valence-electron chi connectivity index (χ3n) is 7.61. The second kappa shape index (κ2) is 18.1. The highest BCUT2D eigenvalue weighted by molar-refractivity contribution is 5.95. The standard InChI is InChI=1S/C32H45N9O6/c33-14-4-3-9-25(31(46)47)39-29(44)26(16-19-10-12-21(42)13-11-19)41-30(45)27(17-20-18-38-24-8-2-1-6-22(20)24)40-28(43)23(34)7-5-15-37-32(35)36/h1-2,6,8,10-13,18,23,25-27,38,42H,3-5,7,9,14-17,33-34H2,(H,39,44)(H,40,43)(H,41,45)(H,46,47)(H4,35,36,37). The number of carbonyl (C=O) groups is 4. The van der Waals surface area contributed by atoms with Gasteiger partial charge in [0, 0.05) is 36.5 Å². The number of phenolic OH excluding ortho intramolecular Hbond substituents is 1. The summed E-state index contributed by atoms with van der Waals surface area (Å²) in [6, 6.07) is 8.98. The number of nitrogens with one attached hydrogen (secondary N) is 4. The van der Waals surface area contributed by atoms with E-state index >= 15 is 0 Å². The van der Waals surface area contributed by atoms with Crippen LogP contribution in [-0.4, -0.2) is 82.1 Å². The van der Waals surface area contributed by atoms with Gasteiger partial charge in [0.2, 0.25) is 17.7 Å².